The van der Waals surface area contributed by atoms with Crippen LogP contribution < -0.4 is 15.4 Å². The van der Waals surface area contributed by atoms with Gasteiger partial charge in [-0.3, -0.25) is 9.59 Å². The van der Waals surface area contributed by atoms with Gasteiger partial charge in [0.15, 0.2) is 0 Å². The van der Waals surface area contributed by atoms with Gasteiger partial charge in [0.1, 0.15) is 29.2 Å². The first-order valence-electron chi connectivity index (χ1n) is 13.9. The summed E-state index contributed by atoms with van der Waals surface area (Å²) in [5, 5.41) is 16.4. The molecule has 0 radical (unpaired) electrons. The fourth-order valence-corrected chi connectivity index (χ4v) is 4.26. The van der Waals surface area contributed by atoms with E-state index >= 15 is 0 Å². The molecule has 2 unspecified atom stereocenters. The zero-order valence-corrected chi connectivity index (χ0v) is 24.8. The lowest BCUT2D eigenvalue weighted by Gasteiger charge is -2.36. The minimum absolute atomic E-state index is 0.107. The van der Waals surface area contributed by atoms with Crippen molar-refractivity contribution in [1.82, 2.24) is 10.2 Å². The molecule has 0 saturated carbocycles. The number of ether oxygens (including phenoxy) is 2. The van der Waals surface area contributed by atoms with Gasteiger partial charge in [-0.2, -0.15) is 0 Å². The van der Waals surface area contributed by atoms with Crippen molar-refractivity contribution in [1.29, 1.82) is 0 Å². The molecule has 0 spiro atoms. The van der Waals surface area contributed by atoms with Crippen LogP contribution in [-0.4, -0.2) is 53.2 Å². The molecule has 2 aromatic rings. The summed E-state index contributed by atoms with van der Waals surface area (Å²) < 4.78 is 10.6. The maximum absolute atomic E-state index is 14.2. The number of hydrogen-bond donors (Lipinski definition) is 3. The largest absolute Gasteiger partial charge is 0.508 e. The summed E-state index contributed by atoms with van der Waals surface area (Å²) in [7, 11) is 1.56. The lowest BCUT2D eigenvalue weighted by Crippen LogP contribution is -2.54. The molecule has 0 fully saturated rings. The van der Waals surface area contributed by atoms with Crippen LogP contribution in [0.5, 0.6) is 11.5 Å². The zero-order chi connectivity index (χ0) is 29.9. The average molecular weight is 556 g/mol. The van der Waals surface area contributed by atoms with Gasteiger partial charge in [-0.1, -0.05) is 58.2 Å². The number of amides is 3. The van der Waals surface area contributed by atoms with Crippen molar-refractivity contribution in [2.24, 2.45) is 5.92 Å². The van der Waals surface area contributed by atoms with E-state index in [1.165, 1.54) is 11.0 Å². The molecule has 0 heterocycles. The Hall–Kier alpha value is -3.75. The number of aromatic hydroxyl groups is 1. The molecule has 9 nitrogen and oxygen atoms in total. The van der Waals surface area contributed by atoms with E-state index in [0.717, 1.165) is 19.3 Å². The molecule has 9 heteroatoms. The van der Waals surface area contributed by atoms with Crippen LogP contribution in [0.3, 0.4) is 0 Å². The van der Waals surface area contributed by atoms with E-state index in [0.29, 0.717) is 17.9 Å². The normalized spacial score (nSPS) is 12.8. The zero-order valence-electron chi connectivity index (χ0n) is 24.8. The van der Waals surface area contributed by atoms with Crippen molar-refractivity contribution in [2.45, 2.75) is 84.9 Å². The van der Waals surface area contributed by atoms with Crippen LogP contribution in [0.1, 0.15) is 78.8 Å². The number of nitrogens with zero attached hydrogens (tertiary/aromatic N) is 1. The molecule has 0 bridgehead atoms. The monoisotopic (exact) mass is 555 g/mol. The maximum atomic E-state index is 14.2. The van der Waals surface area contributed by atoms with Gasteiger partial charge in [0.05, 0.1) is 7.11 Å². The molecule has 0 aliphatic rings. The first-order chi connectivity index (χ1) is 18.9. The summed E-state index contributed by atoms with van der Waals surface area (Å²) in [5.74, 6) is -0.695. The highest BCUT2D eigenvalue weighted by molar-refractivity contribution is 5.99. The summed E-state index contributed by atoms with van der Waals surface area (Å²) in [6.07, 6.45) is 2.78. The van der Waals surface area contributed by atoms with Gasteiger partial charge in [0.25, 0.3) is 5.91 Å². The maximum Gasteiger partial charge on any atom is 0.408 e. The van der Waals surface area contributed by atoms with Gasteiger partial charge >= 0.3 is 6.09 Å². The van der Waals surface area contributed by atoms with Gasteiger partial charge in [-0.05, 0) is 63.4 Å². The number of phenolic OH excluding ortho intramolecular Hbond substituents is 1. The number of anilines is 1. The summed E-state index contributed by atoms with van der Waals surface area (Å²) in [6.45, 7) is 11.2. The number of carbonyl (C=O) groups excluding carboxylic acids is 3. The van der Waals surface area contributed by atoms with Crippen molar-refractivity contribution < 1.29 is 29.0 Å². The molecule has 0 aromatic heterocycles. The van der Waals surface area contributed by atoms with Crippen LogP contribution >= 0.6 is 0 Å². The van der Waals surface area contributed by atoms with Crippen molar-refractivity contribution in [3.8, 4) is 11.5 Å². The summed E-state index contributed by atoms with van der Waals surface area (Å²) in [6, 6.07) is 11.2. The Morgan fingerprint density at radius 1 is 0.975 bits per heavy atom. The van der Waals surface area contributed by atoms with E-state index in [1.807, 2.05) is 13.8 Å². The number of para-hydroxylation sites is 1. The third kappa shape index (κ3) is 9.77. The predicted molar refractivity (Wildman–Crippen MR) is 156 cm³/mol. The highest BCUT2D eigenvalue weighted by Gasteiger charge is 2.38. The molecule has 2 aromatic carbocycles. The van der Waals surface area contributed by atoms with Gasteiger partial charge < -0.3 is 30.1 Å². The van der Waals surface area contributed by atoms with Crippen LogP contribution in [0.2, 0.25) is 0 Å². The van der Waals surface area contributed by atoms with E-state index in [1.54, 1.807) is 70.3 Å². The molecule has 2 atom stereocenters. The number of phenols is 1. The molecule has 3 N–H and O–H groups in total. The third-order valence-electron chi connectivity index (χ3n) is 6.29. The molecule has 220 valence electrons. The highest BCUT2D eigenvalue weighted by atomic mass is 16.6. The number of hydrogen-bond acceptors (Lipinski definition) is 6. The number of unbranched alkanes of at least 4 members (excludes halogenated alkanes) is 3. The quantitative estimate of drug-likeness (QED) is 0.260. The Labute approximate surface area is 238 Å². The number of carbonyl (C=O) groups is 3. The first kappa shape index (κ1) is 32.5. The van der Waals surface area contributed by atoms with Gasteiger partial charge in [-0.15, -0.1) is 0 Å². The topological polar surface area (TPSA) is 117 Å². The fraction of sp³-hybridized carbons (Fsp3) is 0.516. The smallest absolute Gasteiger partial charge is 0.408 e. The predicted octanol–water partition coefficient (Wildman–Crippen LogP) is 6.04. The molecule has 0 saturated heterocycles. The third-order valence-corrected chi connectivity index (χ3v) is 6.29. The second-order valence-corrected chi connectivity index (χ2v) is 11.1. The standard InChI is InChI=1S/C31H45N3O6/c1-8-9-10-13-20-34(29(37)26(21(2)3)33-30(38)40-31(4,5)6)27(24-14-11-12-15-25(24)35)28(36)32-22-16-18-23(39-7)19-17-22/h11-12,14-19,21,26-27,35H,8-10,13,20H2,1-7H3,(H,32,36)(H,33,38). The second-order valence-electron chi connectivity index (χ2n) is 11.1. The number of alkyl carbamates (subject to hydrolysis) is 1. The van der Waals surface area contributed by atoms with Crippen molar-refractivity contribution in [3.05, 3.63) is 54.1 Å². The molecule has 2 rings (SSSR count). The van der Waals surface area contributed by atoms with E-state index in [4.69, 9.17) is 9.47 Å². The van der Waals surface area contributed by atoms with Crippen LogP contribution in [0.4, 0.5) is 10.5 Å². The number of methoxy groups -OCH3 is 1. The van der Waals surface area contributed by atoms with Crippen LogP contribution in [0.25, 0.3) is 0 Å². The minimum atomic E-state index is -1.15. The molecular weight excluding hydrogens is 510 g/mol. The highest BCUT2D eigenvalue weighted by Crippen LogP contribution is 2.32. The summed E-state index contributed by atoms with van der Waals surface area (Å²) in [4.78, 5) is 42.2. The Kier molecular flexibility index (Phi) is 12.3. The van der Waals surface area contributed by atoms with Gasteiger partial charge in [0.2, 0.25) is 5.91 Å². The average Bonchev–Trinajstić information content (AvgIpc) is 2.88. The first-order valence-corrected chi connectivity index (χ1v) is 13.9. The number of benzene rings is 2. The second kappa shape index (κ2) is 15.1. The van der Waals surface area contributed by atoms with E-state index in [-0.39, 0.29) is 23.8 Å². The molecule has 0 aliphatic heterocycles. The fourth-order valence-electron chi connectivity index (χ4n) is 4.26. The Balaban J connectivity index is 2.52. The Morgan fingerprint density at radius 2 is 1.62 bits per heavy atom. The van der Waals surface area contributed by atoms with Crippen LogP contribution in [-0.2, 0) is 14.3 Å². The van der Waals surface area contributed by atoms with Gasteiger partial charge in [0, 0.05) is 17.8 Å². The summed E-state index contributed by atoms with van der Waals surface area (Å²) in [5.41, 5.74) is 0.0551. The molecule has 3 amide bonds. The number of nitrogens with one attached hydrogen (secondary N) is 2. The van der Waals surface area contributed by atoms with E-state index in [2.05, 4.69) is 17.6 Å². The van der Waals surface area contributed by atoms with Crippen molar-refractivity contribution >= 4 is 23.6 Å². The number of rotatable bonds is 13. The van der Waals surface area contributed by atoms with Crippen molar-refractivity contribution in [2.75, 3.05) is 19.0 Å². The van der Waals surface area contributed by atoms with Gasteiger partial charge in [-0.25, -0.2) is 4.79 Å². The summed E-state index contributed by atoms with van der Waals surface area (Å²) >= 11 is 0. The molecule has 0 aliphatic carbocycles. The van der Waals surface area contributed by atoms with Crippen molar-refractivity contribution in [3.63, 3.8) is 0 Å². The Morgan fingerprint density at radius 3 is 2.17 bits per heavy atom. The van der Waals surface area contributed by atoms with Crippen LogP contribution in [0.15, 0.2) is 48.5 Å². The SMILES string of the molecule is CCCCCCN(C(=O)C(NC(=O)OC(C)(C)C)C(C)C)C(C(=O)Nc1ccc(OC)cc1)c1ccccc1O. The van der Waals surface area contributed by atoms with Crippen LogP contribution in [0, 0.1) is 5.92 Å². The van der Waals surface area contributed by atoms with E-state index < -0.39 is 35.6 Å². The lowest BCUT2D eigenvalue weighted by molar-refractivity contribution is -0.141. The minimum Gasteiger partial charge on any atom is -0.508 e. The van der Waals surface area contributed by atoms with E-state index in [9.17, 15) is 19.5 Å². The Bertz CT molecular complexity index is 1110. The molecular formula is C31H45N3O6. The molecule has 40 heavy (non-hydrogen) atoms. The lowest BCUT2D eigenvalue weighted by atomic mass is 9.97.